The third-order valence-electron chi connectivity index (χ3n) is 5.25. The summed E-state index contributed by atoms with van der Waals surface area (Å²) in [6.45, 7) is 0. The van der Waals surface area contributed by atoms with Gasteiger partial charge in [-0.15, -0.1) is 0 Å². The van der Waals surface area contributed by atoms with Crippen LogP contribution in [0.2, 0.25) is 0 Å². The molecule has 0 aromatic carbocycles. The Bertz CT molecular complexity index is 367. The lowest BCUT2D eigenvalue weighted by Gasteiger charge is -2.57. The Balaban J connectivity index is 1.87. The van der Waals surface area contributed by atoms with Crippen LogP contribution in [0.3, 0.4) is 0 Å². The largest absolute Gasteiger partial charge is 0.303 e. The van der Waals surface area contributed by atoms with E-state index in [0.29, 0.717) is 17.8 Å². The van der Waals surface area contributed by atoms with E-state index >= 15 is 0 Å². The van der Waals surface area contributed by atoms with Crippen LogP contribution < -0.4 is 0 Å². The zero-order chi connectivity index (χ0) is 9.34. The number of rotatable bonds is 1. The molecule has 2 bridgehead atoms. The maximum absolute atomic E-state index is 11.5. The second kappa shape index (κ2) is 2.05. The van der Waals surface area contributed by atoms with Gasteiger partial charge in [0.2, 0.25) is 0 Å². The average molecular weight is 186 g/mol. The molecule has 2 fully saturated rings. The third kappa shape index (κ3) is 0.517. The summed E-state index contributed by atoms with van der Waals surface area (Å²) in [6, 6.07) is 0. The summed E-state index contributed by atoms with van der Waals surface area (Å²) in [5.41, 5.74) is 0.0388. The SMILES string of the molecule is O=C[C@]12[C@H]([C@@H]3CC=C[C@@H]31)[C@H]1C=C[C@@H]2C1. The van der Waals surface area contributed by atoms with Crippen LogP contribution in [0.25, 0.3) is 0 Å². The molecule has 0 saturated heterocycles. The highest BCUT2D eigenvalue weighted by atomic mass is 16.1. The lowest BCUT2D eigenvalue weighted by molar-refractivity contribution is -0.144. The Morgan fingerprint density at radius 3 is 3.07 bits per heavy atom. The number of aldehydes is 1. The number of hydrogen-bond acceptors (Lipinski definition) is 1. The topological polar surface area (TPSA) is 17.1 Å². The van der Waals surface area contributed by atoms with Crippen molar-refractivity contribution >= 4 is 6.29 Å². The molecule has 14 heavy (non-hydrogen) atoms. The minimum atomic E-state index is 0.0388. The predicted octanol–water partition coefficient (Wildman–Crippen LogP) is 2.20. The Labute approximate surface area is 83.9 Å². The fourth-order valence-corrected chi connectivity index (χ4v) is 4.85. The summed E-state index contributed by atoms with van der Waals surface area (Å²) >= 11 is 0. The van der Waals surface area contributed by atoms with Gasteiger partial charge in [0, 0.05) is 5.41 Å². The van der Waals surface area contributed by atoms with Crippen LogP contribution in [-0.4, -0.2) is 6.29 Å². The zero-order valence-electron chi connectivity index (χ0n) is 8.10. The van der Waals surface area contributed by atoms with Crippen molar-refractivity contribution in [3.8, 4) is 0 Å². The smallest absolute Gasteiger partial charge is 0.127 e. The van der Waals surface area contributed by atoms with Gasteiger partial charge in [-0.2, -0.15) is 0 Å². The highest BCUT2D eigenvalue weighted by molar-refractivity contribution is 5.68. The minimum absolute atomic E-state index is 0.0388. The van der Waals surface area contributed by atoms with Gasteiger partial charge in [0.05, 0.1) is 0 Å². The van der Waals surface area contributed by atoms with Crippen molar-refractivity contribution in [3.05, 3.63) is 24.3 Å². The first kappa shape index (κ1) is 7.44. The maximum atomic E-state index is 11.5. The van der Waals surface area contributed by atoms with E-state index in [1.165, 1.54) is 19.1 Å². The van der Waals surface area contributed by atoms with Gasteiger partial charge in [-0.1, -0.05) is 24.3 Å². The molecule has 0 aromatic heterocycles. The van der Waals surface area contributed by atoms with Gasteiger partial charge < -0.3 is 4.79 Å². The molecule has 6 atom stereocenters. The van der Waals surface area contributed by atoms with E-state index in [1.54, 1.807) is 0 Å². The molecule has 0 radical (unpaired) electrons. The lowest BCUT2D eigenvalue weighted by atomic mass is 9.45. The molecule has 4 aliphatic carbocycles. The quantitative estimate of drug-likeness (QED) is 0.453. The average Bonchev–Trinajstić information content (AvgIpc) is 2.82. The first-order valence-electron chi connectivity index (χ1n) is 5.69. The van der Waals surface area contributed by atoms with Gasteiger partial charge in [0.25, 0.3) is 0 Å². The van der Waals surface area contributed by atoms with Crippen molar-refractivity contribution < 1.29 is 4.79 Å². The molecule has 0 unspecified atom stereocenters. The van der Waals surface area contributed by atoms with E-state index in [9.17, 15) is 4.79 Å². The molecule has 4 aliphatic rings. The Kier molecular flexibility index (Phi) is 1.09. The van der Waals surface area contributed by atoms with Crippen molar-refractivity contribution in [2.45, 2.75) is 12.8 Å². The molecular weight excluding hydrogens is 172 g/mol. The number of carbonyl (C=O) groups excluding carboxylic acids is 1. The zero-order valence-corrected chi connectivity index (χ0v) is 8.10. The van der Waals surface area contributed by atoms with Crippen LogP contribution >= 0.6 is 0 Å². The number of carbonyl (C=O) groups is 1. The first-order valence-corrected chi connectivity index (χ1v) is 5.69. The molecule has 0 aromatic rings. The molecule has 0 heterocycles. The Hall–Kier alpha value is -0.850. The van der Waals surface area contributed by atoms with Crippen LogP contribution in [-0.2, 0) is 4.79 Å². The fraction of sp³-hybridized carbons (Fsp3) is 0.615. The standard InChI is InChI=1S/C13H14O/c14-7-13-9-5-4-8(6-9)12(13)10-2-1-3-11(10)13/h1,3-5,7-12H,2,6H2/t8-,9+,10+,11-,12-,13+/m0/s1. The molecule has 4 rings (SSSR count). The summed E-state index contributed by atoms with van der Waals surface area (Å²) in [6.07, 6.45) is 13.0. The third-order valence-corrected chi connectivity index (χ3v) is 5.25. The van der Waals surface area contributed by atoms with Gasteiger partial charge >= 0.3 is 0 Å². The predicted molar refractivity (Wildman–Crippen MR) is 53.5 cm³/mol. The van der Waals surface area contributed by atoms with Gasteiger partial charge in [-0.25, -0.2) is 0 Å². The van der Waals surface area contributed by atoms with Crippen molar-refractivity contribution in [1.82, 2.24) is 0 Å². The molecule has 2 saturated carbocycles. The van der Waals surface area contributed by atoms with E-state index in [-0.39, 0.29) is 5.41 Å². The summed E-state index contributed by atoms with van der Waals surface area (Å²) in [7, 11) is 0. The monoisotopic (exact) mass is 186 g/mol. The second-order valence-electron chi connectivity index (χ2n) is 5.39. The van der Waals surface area contributed by atoms with Crippen LogP contribution in [0, 0.1) is 35.0 Å². The van der Waals surface area contributed by atoms with Crippen molar-refractivity contribution in [1.29, 1.82) is 0 Å². The van der Waals surface area contributed by atoms with Crippen LogP contribution in [0.4, 0.5) is 0 Å². The normalized spacial score (nSPS) is 61.0. The molecular formula is C13H14O. The molecule has 0 aliphatic heterocycles. The van der Waals surface area contributed by atoms with Crippen LogP contribution in [0.15, 0.2) is 24.3 Å². The van der Waals surface area contributed by atoms with E-state index in [4.69, 9.17) is 0 Å². The molecule has 1 nitrogen and oxygen atoms in total. The van der Waals surface area contributed by atoms with Crippen LogP contribution in [0.1, 0.15) is 12.8 Å². The maximum Gasteiger partial charge on any atom is 0.127 e. The van der Waals surface area contributed by atoms with Gasteiger partial charge in [-0.05, 0) is 42.4 Å². The van der Waals surface area contributed by atoms with Crippen LogP contribution in [0.5, 0.6) is 0 Å². The van der Waals surface area contributed by atoms with Crippen molar-refractivity contribution in [2.75, 3.05) is 0 Å². The molecule has 0 spiro atoms. The second-order valence-corrected chi connectivity index (χ2v) is 5.39. The Morgan fingerprint density at radius 1 is 1.29 bits per heavy atom. The summed E-state index contributed by atoms with van der Waals surface area (Å²) in [4.78, 5) is 11.5. The molecule has 0 N–H and O–H groups in total. The van der Waals surface area contributed by atoms with Gasteiger partial charge in [0.15, 0.2) is 0 Å². The highest BCUT2D eigenvalue weighted by Gasteiger charge is 2.71. The first-order chi connectivity index (χ1) is 6.88. The Morgan fingerprint density at radius 2 is 2.21 bits per heavy atom. The molecule has 72 valence electrons. The van der Waals surface area contributed by atoms with E-state index in [0.717, 1.165) is 11.8 Å². The van der Waals surface area contributed by atoms with E-state index < -0.39 is 0 Å². The number of hydrogen-bond donors (Lipinski definition) is 0. The number of allylic oxidation sites excluding steroid dienone is 4. The van der Waals surface area contributed by atoms with Crippen molar-refractivity contribution in [2.24, 2.45) is 35.0 Å². The lowest BCUT2D eigenvalue weighted by Crippen LogP contribution is -2.57. The van der Waals surface area contributed by atoms with E-state index in [1.807, 2.05) is 0 Å². The minimum Gasteiger partial charge on any atom is -0.303 e. The summed E-state index contributed by atoms with van der Waals surface area (Å²) < 4.78 is 0. The highest BCUT2D eigenvalue weighted by Crippen LogP contribution is 2.73. The van der Waals surface area contributed by atoms with Gasteiger partial charge in [0.1, 0.15) is 6.29 Å². The summed E-state index contributed by atoms with van der Waals surface area (Å²) in [5, 5.41) is 0. The van der Waals surface area contributed by atoms with Gasteiger partial charge in [-0.3, -0.25) is 0 Å². The van der Waals surface area contributed by atoms with E-state index in [2.05, 4.69) is 24.3 Å². The summed E-state index contributed by atoms with van der Waals surface area (Å²) in [5.74, 6) is 3.38. The molecule has 0 amide bonds. The molecule has 1 heteroatoms. The fourth-order valence-electron chi connectivity index (χ4n) is 4.85. The number of fused-ring (bicyclic) bond motifs is 8. The van der Waals surface area contributed by atoms with Crippen molar-refractivity contribution in [3.63, 3.8) is 0 Å².